The largest absolute Gasteiger partial charge is 0.264 e. The number of hydrogen-bond donors (Lipinski definition) is 0. The van der Waals surface area contributed by atoms with Gasteiger partial charge in [0.15, 0.2) is 5.82 Å². The van der Waals surface area contributed by atoms with Crippen LogP contribution in [-0.2, 0) is 5.41 Å². The Balaban J connectivity index is 1.72. The van der Waals surface area contributed by atoms with E-state index in [1.165, 1.54) is 11.1 Å². The summed E-state index contributed by atoms with van der Waals surface area (Å²) in [4.78, 5) is 4.96. The Morgan fingerprint density at radius 3 is 2.11 bits per heavy atom. The van der Waals surface area contributed by atoms with Crippen LogP contribution in [0.2, 0.25) is 0 Å². The molecule has 0 spiro atoms. The summed E-state index contributed by atoms with van der Waals surface area (Å²) in [6.45, 7) is 2.22. The van der Waals surface area contributed by atoms with E-state index in [2.05, 4.69) is 70.6 Å². The van der Waals surface area contributed by atoms with E-state index in [1.807, 2.05) is 28.8 Å². The van der Waals surface area contributed by atoms with E-state index in [0.29, 0.717) is 5.82 Å². The maximum Gasteiger partial charge on any atom is 0.235 e. The molecular formula is C22H17N5S. The molecule has 0 N–H and O–H groups in total. The van der Waals surface area contributed by atoms with Crippen LogP contribution in [0.15, 0.2) is 85.2 Å². The second kappa shape index (κ2) is 6.65. The lowest BCUT2D eigenvalue weighted by Gasteiger charge is -2.28. The highest BCUT2D eigenvalue weighted by atomic mass is 32.1. The summed E-state index contributed by atoms with van der Waals surface area (Å²) in [5, 5.41) is 14.6. The van der Waals surface area contributed by atoms with Crippen molar-refractivity contribution in [3.63, 3.8) is 0 Å². The highest BCUT2D eigenvalue weighted by Crippen LogP contribution is 2.40. The molecule has 136 valence electrons. The zero-order valence-corrected chi connectivity index (χ0v) is 16.0. The summed E-state index contributed by atoms with van der Waals surface area (Å²) in [7, 11) is 0. The van der Waals surface area contributed by atoms with Crippen LogP contribution in [-0.4, -0.2) is 24.8 Å². The molecule has 0 saturated heterocycles. The van der Waals surface area contributed by atoms with Crippen molar-refractivity contribution in [2.75, 3.05) is 0 Å². The van der Waals surface area contributed by atoms with Crippen molar-refractivity contribution in [3.05, 3.63) is 101 Å². The topological polar surface area (TPSA) is 56.0 Å². The van der Waals surface area contributed by atoms with Gasteiger partial charge in [0.25, 0.3) is 0 Å². The Kier molecular flexibility index (Phi) is 3.98. The van der Waals surface area contributed by atoms with E-state index in [4.69, 9.17) is 5.10 Å². The number of hydrogen-bond acceptors (Lipinski definition) is 5. The minimum absolute atomic E-state index is 0.389. The standard InChI is InChI=1S/C22H17N5S/c1-22(17-10-4-2-5-11-17,18-12-6-3-7-13-18)20-26-27-19(24-25-21(27)28-20)16-9-8-14-23-15-16/h2-15H,1H3. The lowest BCUT2D eigenvalue weighted by Crippen LogP contribution is -2.25. The minimum Gasteiger partial charge on any atom is -0.264 e. The molecule has 0 atom stereocenters. The fourth-order valence-corrected chi connectivity index (χ4v) is 4.48. The monoisotopic (exact) mass is 383 g/mol. The third kappa shape index (κ3) is 2.61. The van der Waals surface area contributed by atoms with Gasteiger partial charge in [-0.2, -0.15) is 9.61 Å². The molecule has 5 nitrogen and oxygen atoms in total. The molecule has 0 saturated carbocycles. The van der Waals surface area contributed by atoms with Crippen LogP contribution in [0.4, 0.5) is 0 Å². The van der Waals surface area contributed by atoms with Crippen molar-refractivity contribution >= 4 is 16.3 Å². The first-order valence-electron chi connectivity index (χ1n) is 9.01. The van der Waals surface area contributed by atoms with Gasteiger partial charge in [0.05, 0.1) is 5.41 Å². The number of aromatic nitrogens is 5. The second-order valence-electron chi connectivity index (χ2n) is 6.72. The molecule has 0 amide bonds. The van der Waals surface area contributed by atoms with E-state index >= 15 is 0 Å². The SMILES string of the molecule is CC(c1ccccc1)(c1ccccc1)c1nn2c(-c3cccnc3)nnc2s1. The van der Waals surface area contributed by atoms with Crippen molar-refractivity contribution in [1.82, 2.24) is 24.8 Å². The summed E-state index contributed by atoms with van der Waals surface area (Å²) >= 11 is 1.57. The van der Waals surface area contributed by atoms with Crippen LogP contribution in [0.5, 0.6) is 0 Å². The molecule has 3 aromatic heterocycles. The first kappa shape index (κ1) is 16.8. The lowest BCUT2D eigenvalue weighted by atomic mass is 9.77. The molecule has 28 heavy (non-hydrogen) atoms. The van der Waals surface area contributed by atoms with Crippen molar-refractivity contribution in [2.45, 2.75) is 12.3 Å². The van der Waals surface area contributed by atoms with Gasteiger partial charge in [0.2, 0.25) is 4.96 Å². The highest BCUT2D eigenvalue weighted by Gasteiger charge is 2.35. The van der Waals surface area contributed by atoms with Crippen molar-refractivity contribution in [2.24, 2.45) is 0 Å². The molecule has 0 fully saturated rings. The van der Waals surface area contributed by atoms with Crippen LogP contribution in [0.3, 0.4) is 0 Å². The van der Waals surface area contributed by atoms with Crippen molar-refractivity contribution in [3.8, 4) is 11.4 Å². The Bertz CT molecular complexity index is 1170. The van der Waals surface area contributed by atoms with Gasteiger partial charge in [-0.1, -0.05) is 72.0 Å². The van der Waals surface area contributed by atoms with Crippen molar-refractivity contribution in [1.29, 1.82) is 0 Å². The van der Waals surface area contributed by atoms with Gasteiger partial charge >= 0.3 is 0 Å². The summed E-state index contributed by atoms with van der Waals surface area (Å²) in [6.07, 6.45) is 3.53. The van der Waals surface area contributed by atoms with E-state index in [1.54, 1.807) is 23.7 Å². The van der Waals surface area contributed by atoms with Gasteiger partial charge in [-0.3, -0.25) is 4.98 Å². The van der Waals surface area contributed by atoms with Gasteiger partial charge in [-0.25, -0.2) is 0 Å². The normalized spacial score (nSPS) is 11.8. The van der Waals surface area contributed by atoms with Crippen LogP contribution in [0.25, 0.3) is 16.3 Å². The molecule has 0 radical (unpaired) electrons. The fourth-order valence-electron chi connectivity index (χ4n) is 3.45. The molecule has 3 heterocycles. The molecule has 0 bridgehead atoms. The first-order valence-corrected chi connectivity index (χ1v) is 9.82. The van der Waals surface area contributed by atoms with Gasteiger partial charge < -0.3 is 0 Å². The Hall–Kier alpha value is -3.38. The molecule has 2 aromatic carbocycles. The molecule has 5 rings (SSSR count). The zero-order valence-electron chi connectivity index (χ0n) is 15.2. The maximum atomic E-state index is 4.96. The first-order chi connectivity index (χ1) is 13.8. The number of rotatable bonds is 4. The minimum atomic E-state index is -0.389. The predicted octanol–water partition coefficient (Wildman–Crippen LogP) is 4.60. The van der Waals surface area contributed by atoms with Crippen molar-refractivity contribution < 1.29 is 0 Å². The Labute approximate surface area is 166 Å². The molecule has 0 unspecified atom stereocenters. The summed E-state index contributed by atoms with van der Waals surface area (Å²) in [5.74, 6) is 0.703. The summed E-state index contributed by atoms with van der Waals surface area (Å²) < 4.78 is 1.82. The van der Waals surface area contributed by atoms with Crippen LogP contribution in [0.1, 0.15) is 23.1 Å². The summed E-state index contributed by atoms with van der Waals surface area (Å²) in [5.41, 5.74) is 2.89. The molecule has 5 aromatic rings. The third-order valence-electron chi connectivity index (χ3n) is 5.04. The van der Waals surface area contributed by atoms with Gasteiger partial charge in [-0.15, -0.1) is 10.2 Å². The molecule has 0 aliphatic heterocycles. The molecular weight excluding hydrogens is 366 g/mol. The Morgan fingerprint density at radius 2 is 1.50 bits per heavy atom. The zero-order chi connectivity index (χ0) is 19.0. The number of nitrogens with zero attached hydrogens (tertiary/aromatic N) is 5. The summed E-state index contributed by atoms with van der Waals surface area (Å²) in [6, 6.07) is 24.8. The average molecular weight is 383 g/mol. The molecule has 0 aliphatic rings. The highest BCUT2D eigenvalue weighted by molar-refractivity contribution is 7.16. The average Bonchev–Trinajstić information content (AvgIpc) is 3.36. The number of benzene rings is 2. The number of fused-ring (bicyclic) bond motifs is 1. The predicted molar refractivity (Wildman–Crippen MR) is 110 cm³/mol. The quantitative estimate of drug-likeness (QED) is 0.455. The van der Waals surface area contributed by atoms with E-state index in [-0.39, 0.29) is 5.41 Å². The lowest BCUT2D eigenvalue weighted by molar-refractivity contribution is 0.666. The second-order valence-corrected chi connectivity index (χ2v) is 7.68. The van der Waals surface area contributed by atoms with Gasteiger partial charge in [0.1, 0.15) is 5.01 Å². The fraction of sp³-hybridized carbons (Fsp3) is 0.0909. The van der Waals surface area contributed by atoms with Gasteiger partial charge in [0, 0.05) is 18.0 Å². The molecule has 6 heteroatoms. The smallest absolute Gasteiger partial charge is 0.235 e. The third-order valence-corrected chi connectivity index (χ3v) is 6.16. The maximum absolute atomic E-state index is 4.96. The van der Waals surface area contributed by atoms with E-state index in [0.717, 1.165) is 15.5 Å². The Morgan fingerprint density at radius 1 is 0.821 bits per heavy atom. The van der Waals surface area contributed by atoms with Crippen LogP contribution < -0.4 is 0 Å². The van der Waals surface area contributed by atoms with Gasteiger partial charge in [-0.05, 0) is 30.2 Å². The number of pyridine rings is 1. The van der Waals surface area contributed by atoms with Crippen LogP contribution >= 0.6 is 11.3 Å². The van der Waals surface area contributed by atoms with E-state index < -0.39 is 0 Å². The van der Waals surface area contributed by atoms with E-state index in [9.17, 15) is 0 Å². The molecule has 0 aliphatic carbocycles. The van der Waals surface area contributed by atoms with Crippen LogP contribution in [0, 0.1) is 0 Å².